The van der Waals surface area contributed by atoms with Gasteiger partial charge in [0.2, 0.25) is 11.9 Å². The molecule has 2 aromatic carbocycles. The highest BCUT2D eigenvalue weighted by atomic mass is 32.2. The Morgan fingerprint density at radius 2 is 1.80 bits per heavy atom. The minimum absolute atomic E-state index is 0.232. The van der Waals surface area contributed by atoms with Gasteiger partial charge in [0.25, 0.3) is 5.56 Å². The van der Waals surface area contributed by atoms with Gasteiger partial charge in [-0.25, -0.2) is 19.9 Å². The lowest BCUT2D eigenvalue weighted by Crippen LogP contribution is -2.13. The fourth-order valence-electron chi connectivity index (χ4n) is 3.09. The number of thiazole rings is 1. The molecule has 0 amide bonds. The summed E-state index contributed by atoms with van der Waals surface area (Å²) in [4.78, 5) is 33.0. The Morgan fingerprint density at radius 3 is 2.67 bits per heavy atom. The van der Waals surface area contributed by atoms with Gasteiger partial charge in [0.15, 0.2) is 4.34 Å². The summed E-state index contributed by atoms with van der Waals surface area (Å²) in [5.74, 6) is 1.25. The van der Waals surface area contributed by atoms with Crippen LogP contribution in [0.3, 0.4) is 0 Å². The Bertz CT molecular complexity index is 1400. The summed E-state index contributed by atoms with van der Waals surface area (Å²) in [5.41, 5.74) is 3.09. The van der Waals surface area contributed by atoms with E-state index in [0.29, 0.717) is 23.3 Å². The lowest BCUT2D eigenvalue weighted by molar-refractivity contribution is 1.04. The van der Waals surface area contributed by atoms with E-state index in [4.69, 9.17) is 0 Å². The molecular formula is C21H16N6OS2. The molecule has 0 fully saturated rings. The second-order valence-electron chi connectivity index (χ2n) is 6.60. The van der Waals surface area contributed by atoms with E-state index < -0.39 is 0 Å². The molecule has 5 aromatic rings. The fourth-order valence-corrected chi connectivity index (χ4v) is 5.05. The summed E-state index contributed by atoms with van der Waals surface area (Å²) in [6, 6.07) is 17.3. The van der Waals surface area contributed by atoms with Crippen molar-refractivity contribution in [1.82, 2.24) is 24.9 Å². The number of thioether (sulfide) groups is 1. The minimum Gasteiger partial charge on any atom is -0.294 e. The van der Waals surface area contributed by atoms with Gasteiger partial charge >= 0.3 is 0 Å². The molecule has 0 aliphatic rings. The third kappa shape index (κ3) is 3.89. The number of rotatable bonds is 5. The average molecular weight is 433 g/mol. The van der Waals surface area contributed by atoms with Gasteiger partial charge in [0.05, 0.1) is 27.1 Å². The van der Waals surface area contributed by atoms with E-state index in [1.54, 1.807) is 23.1 Å². The molecule has 148 valence electrons. The Labute approximate surface area is 179 Å². The quantitative estimate of drug-likeness (QED) is 0.390. The molecule has 0 bridgehead atoms. The number of nitrogens with one attached hydrogen (secondary N) is 2. The molecule has 7 nitrogen and oxygen atoms in total. The van der Waals surface area contributed by atoms with E-state index in [1.165, 1.54) is 6.07 Å². The molecule has 0 saturated heterocycles. The van der Waals surface area contributed by atoms with Crippen molar-refractivity contribution in [3.63, 3.8) is 0 Å². The van der Waals surface area contributed by atoms with E-state index in [0.717, 1.165) is 31.2 Å². The van der Waals surface area contributed by atoms with Crippen LogP contribution in [-0.4, -0.2) is 24.9 Å². The van der Waals surface area contributed by atoms with Gasteiger partial charge in [0.1, 0.15) is 0 Å². The first-order chi connectivity index (χ1) is 14.6. The Morgan fingerprint density at radius 1 is 1.00 bits per heavy atom. The monoisotopic (exact) mass is 432 g/mol. The molecule has 0 unspecified atom stereocenters. The molecule has 3 heterocycles. The molecule has 30 heavy (non-hydrogen) atoms. The van der Waals surface area contributed by atoms with E-state index in [9.17, 15) is 4.79 Å². The summed E-state index contributed by atoms with van der Waals surface area (Å²) in [5, 5.41) is 4.02. The highest BCUT2D eigenvalue weighted by molar-refractivity contribution is 8.00. The third-order valence-electron chi connectivity index (χ3n) is 4.44. The Balaban J connectivity index is 1.37. The summed E-state index contributed by atoms with van der Waals surface area (Å²) in [6.07, 6.45) is 0. The number of aromatic nitrogens is 5. The molecular weight excluding hydrogens is 416 g/mol. The molecule has 0 radical (unpaired) electrons. The topological polar surface area (TPSA) is 96.5 Å². The molecule has 9 heteroatoms. The maximum atomic E-state index is 12.1. The highest BCUT2D eigenvalue weighted by Gasteiger charge is 2.09. The number of fused-ring (bicyclic) bond motifs is 2. The molecule has 0 aliphatic heterocycles. The SMILES string of the molecule is Cc1nc(Nc2nc(CSc3nc4ccccc4s3)cc(=O)[nH]2)nc2ccccc12. The number of H-pyrrole nitrogens is 1. The molecule has 5 rings (SSSR count). The summed E-state index contributed by atoms with van der Waals surface area (Å²) >= 11 is 3.19. The molecule has 2 N–H and O–H groups in total. The van der Waals surface area contributed by atoms with Crippen LogP contribution >= 0.6 is 23.1 Å². The Kier molecular flexibility index (Phi) is 4.89. The van der Waals surface area contributed by atoms with Crippen LogP contribution in [-0.2, 0) is 5.75 Å². The van der Waals surface area contributed by atoms with Crippen LogP contribution in [0.1, 0.15) is 11.4 Å². The second kappa shape index (κ2) is 7.85. The van der Waals surface area contributed by atoms with Crippen molar-refractivity contribution < 1.29 is 0 Å². The second-order valence-corrected chi connectivity index (χ2v) is 8.85. The van der Waals surface area contributed by atoms with Crippen molar-refractivity contribution >= 4 is 56.1 Å². The summed E-state index contributed by atoms with van der Waals surface area (Å²) in [6.45, 7) is 1.93. The molecule has 0 spiro atoms. The lowest BCUT2D eigenvalue weighted by atomic mass is 10.2. The first-order valence-electron chi connectivity index (χ1n) is 9.23. The van der Waals surface area contributed by atoms with Crippen LogP contribution in [0, 0.1) is 6.92 Å². The number of hydrogen-bond donors (Lipinski definition) is 2. The zero-order valence-electron chi connectivity index (χ0n) is 15.9. The van der Waals surface area contributed by atoms with E-state index in [2.05, 4.69) is 36.3 Å². The van der Waals surface area contributed by atoms with Crippen LogP contribution in [0.5, 0.6) is 0 Å². The fraction of sp³-hybridized carbons (Fsp3) is 0.0952. The first kappa shape index (κ1) is 18.7. The zero-order chi connectivity index (χ0) is 20.5. The van der Waals surface area contributed by atoms with E-state index in [1.807, 2.05) is 49.4 Å². The Hall–Kier alpha value is -3.30. The third-order valence-corrected chi connectivity index (χ3v) is 6.65. The molecule has 0 atom stereocenters. The van der Waals surface area contributed by atoms with Crippen molar-refractivity contribution in [1.29, 1.82) is 0 Å². The summed E-state index contributed by atoms with van der Waals surface area (Å²) in [7, 11) is 0. The van der Waals surface area contributed by atoms with Crippen LogP contribution < -0.4 is 10.9 Å². The number of hydrogen-bond acceptors (Lipinski definition) is 8. The van der Waals surface area contributed by atoms with Crippen LogP contribution in [0.15, 0.2) is 63.7 Å². The number of anilines is 2. The highest BCUT2D eigenvalue weighted by Crippen LogP contribution is 2.31. The number of aromatic amines is 1. The maximum Gasteiger partial charge on any atom is 0.252 e. The van der Waals surface area contributed by atoms with E-state index >= 15 is 0 Å². The van der Waals surface area contributed by atoms with Gasteiger partial charge in [-0.1, -0.05) is 42.1 Å². The van der Waals surface area contributed by atoms with Crippen LogP contribution in [0.2, 0.25) is 0 Å². The van der Waals surface area contributed by atoms with E-state index in [-0.39, 0.29) is 5.56 Å². The normalized spacial score (nSPS) is 11.2. The molecule has 0 aliphatic carbocycles. The zero-order valence-corrected chi connectivity index (χ0v) is 17.5. The number of para-hydroxylation sites is 2. The standard InChI is InChI=1S/C21H16N6OS2/c1-12-14-6-2-3-7-15(14)24-19(22-12)27-20-23-13(10-18(28)26-20)11-29-21-25-16-8-4-5-9-17(16)30-21/h2-10H,11H2,1H3,(H2,22,23,24,26,27,28). The molecule has 0 saturated carbocycles. The number of aryl methyl sites for hydroxylation is 1. The molecule has 3 aromatic heterocycles. The van der Waals surface area contributed by atoms with Crippen molar-refractivity contribution in [2.75, 3.05) is 5.32 Å². The predicted molar refractivity (Wildman–Crippen MR) is 122 cm³/mol. The van der Waals surface area contributed by atoms with Gasteiger partial charge in [0, 0.05) is 17.2 Å². The van der Waals surface area contributed by atoms with Gasteiger partial charge in [-0.15, -0.1) is 11.3 Å². The van der Waals surface area contributed by atoms with Gasteiger partial charge in [-0.3, -0.25) is 15.1 Å². The maximum absolute atomic E-state index is 12.1. The predicted octanol–water partition coefficient (Wildman–Crippen LogP) is 4.67. The van der Waals surface area contributed by atoms with Gasteiger partial charge < -0.3 is 0 Å². The van der Waals surface area contributed by atoms with Crippen molar-refractivity contribution in [3.05, 3.63) is 76.3 Å². The average Bonchev–Trinajstić information content (AvgIpc) is 3.15. The van der Waals surface area contributed by atoms with Crippen LogP contribution in [0.25, 0.3) is 21.1 Å². The van der Waals surface area contributed by atoms with Gasteiger partial charge in [-0.05, 0) is 25.1 Å². The van der Waals surface area contributed by atoms with Crippen molar-refractivity contribution in [3.8, 4) is 0 Å². The lowest BCUT2D eigenvalue weighted by Gasteiger charge is -2.08. The van der Waals surface area contributed by atoms with Crippen molar-refractivity contribution in [2.45, 2.75) is 17.0 Å². The first-order valence-corrected chi connectivity index (χ1v) is 11.0. The number of benzene rings is 2. The van der Waals surface area contributed by atoms with Crippen LogP contribution in [0.4, 0.5) is 11.9 Å². The van der Waals surface area contributed by atoms with Crippen molar-refractivity contribution in [2.24, 2.45) is 0 Å². The smallest absolute Gasteiger partial charge is 0.252 e. The van der Waals surface area contributed by atoms with Gasteiger partial charge in [-0.2, -0.15) is 0 Å². The minimum atomic E-state index is -0.232. The largest absolute Gasteiger partial charge is 0.294 e. The number of nitrogens with zero attached hydrogens (tertiary/aromatic N) is 4. The summed E-state index contributed by atoms with van der Waals surface area (Å²) < 4.78 is 2.09.